The zero-order chi connectivity index (χ0) is 14.7. The van der Waals surface area contributed by atoms with Gasteiger partial charge in [-0.15, -0.1) is 11.3 Å². The summed E-state index contributed by atoms with van der Waals surface area (Å²) in [4.78, 5) is 16.3. The molecule has 20 heavy (non-hydrogen) atoms. The Balaban J connectivity index is 1.98. The van der Waals surface area contributed by atoms with Crippen molar-refractivity contribution < 1.29 is 4.79 Å². The lowest BCUT2D eigenvalue weighted by molar-refractivity contribution is -0.116. The van der Waals surface area contributed by atoms with Gasteiger partial charge < -0.3 is 10.6 Å². The first-order valence-electron chi connectivity index (χ1n) is 6.52. The minimum absolute atomic E-state index is 0.0856. The molecule has 2 aromatic rings. The summed E-state index contributed by atoms with van der Waals surface area (Å²) in [5.74, 6) is -0.0856. The first-order valence-corrected chi connectivity index (χ1v) is 7.40. The summed E-state index contributed by atoms with van der Waals surface area (Å²) in [5.41, 5.74) is 4.32. The van der Waals surface area contributed by atoms with Crippen LogP contribution in [0.15, 0.2) is 23.6 Å². The van der Waals surface area contributed by atoms with Crippen LogP contribution in [0.5, 0.6) is 0 Å². The fraction of sp³-hybridized carbons (Fsp3) is 0.333. The highest BCUT2D eigenvalue weighted by Crippen LogP contribution is 2.17. The molecule has 5 heteroatoms. The maximum atomic E-state index is 12.1. The van der Waals surface area contributed by atoms with Gasteiger partial charge in [0.2, 0.25) is 5.91 Å². The van der Waals surface area contributed by atoms with Crippen molar-refractivity contribution in [3.05, 3.63) is 40.4 Å². The number of carbonyl (C=O) groups excluding carboxylic acids is 1. The third-order valence-corrected chi connectivity index (χ3v) is 4.01. The Bertz CT molecular complexity index is 621. The third kappa shape index (κ3) is 3.57. The quantitative estimate of drug-likeness (QED) is 0.905. The topological polar surface area (TPSA) is 54.0 Å². The van der Waals surface area contributed by atoms with Crippen molar-refractivity contribution >= 4 is 28.1 Å². The highest BCUT2D eigenvalue weighted by molar-refractivity contribution is 7.13. The average molecular weight is 289 g/mol. The van der Waals surface area contributed by atoms with E-state index in [1.54, 1.807) is 0 Å². The van der Waals surface area contributed by atoms with E-state index in [9.17, 15) is 4.79 Å². The molecule has 2 N–H and O–H groups in total. The molecule has 2 rings (SSSR count). The lowest BCUT2D eigenvalue weighted by Gasteiger charge is -2.15. The summed E-state index contributed by atoms with van der Waals surface area (Å²) in [7, 11) is 0. The minimum Gasteiger partial charge on any atom is -0.374 e. The van der Waals surface area contributed by atoms with Gasteiger partial charge in [0.1, 0.15) is 6.04 Å². The van der Waals surface area contributed by atoms with E-state index in [0.717, 1.165) is 11.4 Å². The smallest absolute Gasteiger partial charge is 0.248 e. The number of amides is 1. The maximum absolute atomic E-state index is 12.1. The van der Waals surface area contributed by atoms with Crippen molar-refractivity contribution in [2.75, 3.05) is 10.6 Å². The molecule has 4 nitrogen and oxygen atoms in total. The summed E-state index contributed by atoms with van der Waals surface area (Å²) in [6.07, 6.45) is 0. The molecule has 0 aliphatic rings. The van der Waals surface area contributed by atoms with E-state index in [1.165, 1.54) is 22.5 Å². The van der Waals surface area contributed by atoms with E-state index in [1.807, 2.05) is 37.4 Å². The zero-order valence-electron chi connectivity index (χ0n) is 12.2. The molecule has 0 saturated heterocycles. The van der Waals surface area contributed by atoms with E-state index in [4.69, 9.17) is 0 Å². The van der Waals surface area contributed by atoms with Crippen LogP contribution in [0.25, 0.3) is 0 Å². The summed E-state index contributed by atoms with van der Waals surface area (Å²) in [6.45, 7) is 7.87. The number of nitrogens with zero attached hydrogens (tertiary/aromatic N) is 1. The number of aryl methyl sites for hydroxylation is 3. The molecular weight excluding hydrogens is 270 g/mol. The molecule has 1 heterocycles. The lowest BCUT2D eigenvalue weighted by atomic mass is 10.1. The number of anilines is 2. The molecule has 0 bridgehead atoms. The summed E-state index contributed by atoms with van der Waals surface area (Å²) in [5, 5.41) is 8.57. The normalized spacial score (nSPS) is 12.0. The highest BCUT2D eigenvalue weighted by Gasteiger charge is 2.14. The van der Waals surface area contributed by atoms with Gasteiger partial charge in [-0.1, -0.05) is 6.07 Å². The largest absolute Gasteiger partial charge is 0.374 e. The van der Waals surface area contributed by atoms with E-state index < -0.39 is 0 Å². The van der Waals surface area contributed by atoms with Gasteiger partial charge in [-0.05, 0) is 51.0 Å². The van der Waals surface area contributed by atoms with Crippen LogP contribution in [-0.2, 0) is 4.79 Å². The van der Waals surface area contributed by atoms with Gasteiger partial charge in [-0.25, -0.2) is 4.98 Å². The Kier molecular flexibility index (Phi) is 4.39. The number of hydrogen-bond acceptors (Lipinski definition) is 4. The number of hydrogen-bond donors (Lipinski definition) is 2. The fourth-order valence-corrected chi connectivity index (χ4v) is 2.46. The first kappa shape index (κ1) is 14.5. The monoisotopic (exact) mass is 289 g/mol. The van der Waals surface area contributed by atoms with Gasteiger partial charge in [0.15, 0.2) is 5.13 Å². The molecule has 1 atom stereocenters. The Morgan fingerprint density at radius 3 is 2.60 bits per heavy atom. The van der Waals surface area contributed by atoms with Crippen molar-refractivity contribution in [2.24, 2.45) is 0 Å². The maximum Gasteiger partial charge on any atom is 0.248 e. The molecule has 0 aliphatic carbocycles. The Morgan fingerprint density at radius 1 is 1.25 bits per heavy atom. The molecule has 0 saturated carbocycles. The molecule has 106 valence electrons. The Morgan fingerprint density at radius 2 is 2.00 bits per heavy atom. The summed E-state index contributed by atoms with van der Waals surface area (Å²) >= 11 is 1.44. The van der Waals surface area contributed by atoms with Crippen LogP contribution in [0.2, 0.25) is 0 Å². The number of aromatic nitrogens is 1. The highest BCUT2D eigenvalue weighted by atomic mass is 32.1. The second-order valence-corrected chi connectivity index (χ2v) is 5.81. The van der Waals surface area contributed by atoms with Crippen LogP contribution in [0.1, 0.15) is 23.7 Å². The van der Waals surface area contributed by atoms with Gasteiger partial charge in [-0.2, -0.15) is 0 Å². The molecule has 1 aromatic heterocycles. The van der Waals surface area contributed by atoms with Gasteiger partial charge >= 0.3 is 0 Å². The SMILES string of the molecule is Cc1csc(NC(=O)[C@H](C)Nc2ccc(C)c(C)c2)n1. The first-order chi connectivity index (χ1) is 9.45. The zero-order valence-corrected chi connectivity index (χ0v) is 13.0. The van der Waals surface area contributed by atoms with E-state index >= 15 is 0 Å². The number of nitrogens with one attached hydrogen (secondary N) is 2. The second-order valence-electron chi connectivity index (χ2n) is 4.95. The van der Waals surface area contributed by atoms with Crippen molar-refractivity contribution in [1.29, 1.82) is 0 Å². The molecular formula is C15H19N3OS. The molecule has 0 aliphatic heterocycles. The van der Waals surface area contributed by atoms with Crippen LogP contribution in [0.4, 0.5) is 10.8 Å². The molecule has 0 unspecified atom stereocenters. The minimum atomic E-state index is -0.318. The van der Waals surface area contributed by atoms with Crippen LogP contribution in [0, 0.1) is 20.8 Å². The second kappa shape index (κ2) is 6.05. The molecule has 0 fully saturated rings. The van der Waals surface area contributed by atoms with Crippen LogP contribution in [0.3, 0.4) is 0 Å². The van der Waals surface area contributed by atoms with Crippen molar-refractivity contribution in [2.45, 2.75) is 33.7 Å². The van der Waals surface area contributed by atoms with Crippen LogP contribution < -0.4 is 10.6 Å². The van der Waals surface area contributed by atoms with Crippen molar-refractivity contribution in [1.82, 2.24) is 4.98 Å². The van der Waals surface area contributed by atoms with Crippen LogP contribution in [-0.4, -0.2) is 16.9 Å². The van der Waals surface area contributed by atoms with Crippen molar-refractivity contribution in [3.8, 4) is 0 Å². The Hall–Kier alpha value is -1.88. The predicted molar refractivity (Wildman–Crippen MR) is 84.5 cm³/mol. The van der Waals surface area contributed by atoms with Gasteiger partial charge in [0, 0.05) is 11.1 Å². The summed E-state index contributed by atoms with van der Waals surface area (Å²) < 4.78 is 0. The third-order valence-electron chi connectivity index (χ3n) is 3.13. The number of carbonyl (C=O) groups is 1. The van der Waals surface area contributed by atoms with Gasteiger partial charge in [-0.3, -0.25) is 4.79 Å². The lowest BCUT2D eigenvalue weighted by Crippen LogP contribution is -2.31. The molecule has 0 spiro atoms. The van der Waals surface area contributed by atoms with E-state index in [0.29, 0.717) is 5.13 Å². The average Bonchev–Trinajstić information content (AvgIpc) is 2.79. The van der Waals surface area contributed by atoms with E-state index in [2.05, 4.69) is 29.5 Å². The summed E-state index contributed by atoms with van der Waals surface area (Å²) in [6, 6.07) is 5.76. The number of thiazole rings is 1. The molecule has 1 amide bonds. The number of rotatable bonds is 4. The van der Waals surface area contributed by atoms with E-state index in [-0.39, 0.29) is 11.9 Å². The standard InChI is InChI=1S/C15H19N3OS/c1-9-5-6-13(7-10(9)2)17-12(4)14(19)18-15-16-11(3)8-20-15/h5-8,12,17H,1-4H3,(H,16,18,19)/t12-/m0/s1. The predicted octanol–water partition coefficient (Wildman–Crippen LogP) is 3.51. The van der Waals surface area contributed by atoms with Gasteiger partial charge in [0.25, 0.3) is 0 Å². The van der Waals surface area contributed by atoms with Crippen molar-refractivity contribution in [3.63, 3.8) is 0 Å². The van der Waals surface area contributed by atoms with Gasteiger partial charge in [0.05, 0.1) is 5.69 Å². The fourth-order valence-electron chi connectivity index (χ4n) is 1.77. The molecule has 1 aromatic carbocycles. The number of benzene rings is 1. The molecule has 0 radical (unpaired) electrons. The van der Waals surface area contributed by atoms with Crippen LogP contribution >= 0.6 is 11.3 Å². The Labute approximate surface area is 123 Å².